The lowest BCUT2D eigenvalue weighted by molar-refractivity contribution is 0.247. The maximum atomic E-state index is 6.22. The van der Waals surface area contributed by atoms with Gasteiger partial charge in [0.15, 0.2) is 0 Å². The Kier molecular flexibility index (Phi) is 4.87. The highest BCUT2D eigenvalue weighted by atomic mass is 16.5. The molecule has 2 rings (SSSR count). The molecule has 0 heterocycles. The van der Waals surface area contributed by atoms with Gasteiger partial charge in [0.1, 0.15) is 12.4 Å². The summed E-state index contributed by atoms with van der Waals surface area (Å²) in [4.78, 5) is 0. The van der Waals surface area contributed by atoms with E-state index in [1.807, 2.05) is 0 Å². The quantitative estimate of drug-likeness (QED) is 0.869. The van der Waals surface area contributed by atoms with E-state index in [4.69, 9.17) is 10.5 Å². The van der Waals surface area contributed by atoms with Crippen LogP contribution in [0.1, 0.15) is 56.6 Å². The summed E-state index contributed by atoms with van der Waals surface area (Å²) in [7, 11) is 0. The molecule has 19 heavy (non-hydrogen) atoms. The summed E-state index contributed by atoms with van der Waals surface area (Å²) in [6.45, 7) is 7.24. The van der Waals surface area contributed by atoms with Gasteiger partial charge in [0.05, 0.1) is 0 Å². The van der Waals surface area contributed by atoms with Crippen molar-refractivity contribution in [1.82, 2.24) is 0 Å². The van der Waals surface area contributed by atoms with Crippen molar-refractivity contribution < 1.29 is 4.74 Å². The number of ether oxygens (including phenoxy) is 1. The molecular formula is C17H27NO. The van der Waals surface area contributed by atoms with Gasteiger partial charge in [-0.2, -0.15) is 0 Å². The fourth-order valence-corrected chi connectivity index (χ4v) is 3.10. The van der Waals surface area contributed by atoms with Crippen LogP contribution in [-0.2, 0) is 0 Å². The minimum absolute atomic E-state index is 0.188. The SMILES string of the molecule is Cc1cc(OCC(N)C2CCCC2)ccc1C(C)C. The van der Waals surface area contributed by atoms with Gasteiger partial charge in [-0.05, 0) is 54.9 Å². The molecule has 1 saturated carbocycles. The van der Waals surface area contributed by atoms with E-state index < -0.39 is 0 Å². The van der Waals surface area contributed by atoms with E-state index >= 15 is 0 Å². The zero-order chi connectivity index (χ0) is 13.8. The molecule has 0 aliphatic heterocycles. The van der Waals surface area contributed by atoms with E-state index in [2.05, 4.69) is 39.0 Å². The van der Waals surface area contributed by atoms with Crippen LogP contribution in [0.2, 0.25) is 0 Å². The fourth-order valence-electron chi connectivity index (χ4n) is 3.10. The van der Waals surface area contributed by atoms with Gasteiger partial charge in [-0.15, -0.1) is 0 Å². The Bertz CT molecular complexity index is 408. The second-order valence-electron chi connectivity index (χ2n) is 6.19. The topological polar surface area (TPSA) is 35.2 Å². The molecule has 1 fully saturated rings. The minimum atomic E-state index is 0.188. The molecule has 1 aliphatic rings. The number of hydrogen-bond acceptors (Lipinski definition) is 2. The van der Waals surface area contributed by atoms with Crippen molar-refractivity contribution in [2.24, 2.45) is 11.7 Å². The number of benzene rings is 1. The van der Waals surface area contributed by atoms with Crippen LogP contribution in [0.15, 0.2) is 18.2 Å². The van der Waals surface area contributed by atoms with Gasteiger partial charge < -0.3 is 10.5 Å². The third kappa shape index (κ3) is 3.73. The molecule has 2 heteroatoms. The monoisotopic (exact) mass is 261 g/mol. The van der Waals surface area contributed by atoms with Crippen molar-refractivity contribution in [1.29, 1.82) is 0 Å². The van der Waals surface area contributed by atoms with Crippen molar-refractivity contribution in [3.8, 4) is 5.75 Å². The van der Waals surface area contributed by atoms with Gasteiger partial charge in [-0.3, -0.25) is 0 Å². The van der Waals surface area contributed by atoms with E-state index in [1.165, 1.54) is 36.8 Å². The molecule has 0 amide bonds. The lowest BCUT2D eigenvalue weighted by Gasteiger charge is -2.20. The Morgan fingerprint density at radius 2 is 1.95 bits per heavy atom. The Balaban J connectivity index is 1.90. The maximum Gasteiger partial charge on any atom is 0.119 e. The predicted octanol–water partition coefficient (Wildman–Crippen LogP) is 4.01. The highest BCUT2D eigenvalue weighted by Crippen LogP contribution is 2.28. The molecule has 106 valence electrons. The van der Waals surface area contributed by atoms with Crippen molar-refractivity contribution >= 4 is 0 Å². The Labute approximate surface area is 117 Å². The van der Waals surface area contributed by atoms with Gasteiger partial charge in [-0.25, -0.2) is 0 Å². The first-order valence-electron chi connectivity index (χ1n) is 7.57. The lowest BCUT2D eigenvalue weighted by Crippen LogP contribution is -2.34. The Morgan fingerprint density at radius 1 is 1.26 bits per heavy atom. The molecule has 1 unspecified atom stereocenters. The molecule has 1 aromatic carbocycles. The summed E-state index contributed by atoms with van der Waals surface area (Å²) in [5, 5.41) is 0. The molecule has 0 saturated heterocycles. The average Bonchev–Trinajstić information content (AvgIpc) is 2.89. The summed E-state index contributed by atoms with van der Waals surface area (Å²) < 4.78 is 5.87. The number of hydrogen-bond donors (Lipinski definition) is 1. The largest absolute Gasteiger partial charge is 0.492 e. The van der Waals surface area contributed by atoms with Crippen molar-refractivity contribution in [3.63, 3.8) is 0 Å². The van der Waals surface area contributed by atoms with Crippen LogP contribution in [0.3, 0.4) is 0 Å². The summed E-state index contributed by atoms with van der Waals surface area (Å²) >= 11 is 0. The molecule has 0 radical (unpaired) electrons. The van der Waals surface area contributed by atoms with Gasteiger partial charge >= 0.3 is 0 Å². The molecular weight excluding hydrogens is 234 g/mol. The van der Waals surface area contributed by atoms with Crippen LogP contribution >= 0.6 is 0 Å². The Morgan fingerprint density at radius 3 is 2.53 bits per heavy atom. The lowest BCUT2D eigenvalue weighted by atomic mass is 9.98. The van der Waals surface area contributed by atoms with Gasteiger partial charge in [0.2, 0.25) is 0 Å². The van der Waals surface area contributed by atoms with E-state index in [9.17, 15) is 0 Å². The summed E-state index contributed by atoms with van der Waals surface area (Å²) in [6.07, 6.45) is 5.22. The van der Waals surface area contributed by atoms with Crippen molar-refractivity contribution in [2.45, 2.75) is 58.4 Å². The van der Waals surface area contributed by atoms with Gasteiger partial charge in [0, 0.05) is 6.04 Å². The van der Waals surface area contributed by atoms with E-state index in [0.29, 0.717) is 18.4 Å². The molecule has 1 aliphatic carbocycles. The smallest absolute Gasteiger partial charge is 0.119 e. The van der Waals surface area contributed by atoms with Crippen LogP contribution in [0.25, 0.3) is 0 Å². The zero-order valence-electron chi connectivity index (χ0n) is 12.5. The van der Waals surface area contributed by atoms with Gasteiger partial charge in [-0.1, -0.05) is 32.8 Å². The van der Waals surface area contributed by atoms with Crippen LogP contribution in [0.5, 0.6) is 5.75 Å². The number of rotatable bonds is 5. The van der Waals surface area contributed by atoms with E-state index in [-0.39, 0.29) is 6.04 Å². The first-order chi connectivity index (χ1) is 9.08. The first-order valence-corrected chi connectivity index (χ1v) is 7.57. The van der Waals surface area contributed by atoms with E-state index in [1.54, 1.807) is 0 Å². The highest BCUT2D eigenvalue weighted by Gasteiger charge is 2.22. The minimum Gasteiger partial charge on any atom is -0.492 e. The second kappa shape index (κ2) is 6.42. The fraction of sp³-hybridized carbons (Fsp3) is 0.647. The predicted molar refractivity (Wildman–Crippen MR) is 80.7 cm³/mol. The number of nitrogens with two attached hydrogens (primary N) is 1. The normalized spacial score (nSPS) is 17.9. The zero-order valence-corrected chi connectivity index (χ0v) is 12.5. The molecule has 2 nitrogen and oxygen atoms in total. The van der Waals surface area contributed by atoms with Crippen LogP contribution in [-0.4, -0.2) is 12.6 Å². The van der Waals surface area contributed by atoms with Crippen LogP contribution in [0.4, 0.5) is 0 Å². The molecule has 1 aromatic rings. The average molecular weight is 261 g/mol. The third-order valence-corrected chi connectivity index (χ3v) is 4.31. The second-order valence-corrected chi connectivity index (χ2v) is 6.19. The maximum absolute atomic E-state index is 6.22. The first kappa shape index (κ1) is 14.4. The molecule has 2 N–H and O–H groups in total. The summed E-state index contributed by atoms with van der Waals surface area (Å²) in [5.41, 5.74) is 8.92. The van der Waals surface area contributed by atoms with Crippen molar-refractivity contribution in [2.75, 3.05) is 6.61 Å². The molecule has 0 bridgehead atoms. The number of aryl methyl sites for hydroxylation is 1. The summed E-state index contributed by atoms with van der Waals surface area (Å²) in [6, 6.07) is 6.57. The molecule has 1 atom stereocenters. The van der Waals surface area contributed by atoms with Crippen LogP contribution in [0, 0.1) is 12.8 Å². The summed E-state index contributed by atoms with van der Waals surface area (Å²) in [5.74, 6) is 2.18. The van der Waals surface area contributed by atoms with E-state index in [0.717, 1.165) is 5.75 Å². The van der Waals surface area contributed by atoms with Crippen LogP contribution < -0.4 is 10.5 Å². The third-order valence-electron chi connectivity index (χ3n) is 4.31. The Hall–Kier alpha value is -1.02. The molecule has 0 aromatic heterocycles. The van der Waals surface area contributed by atoms with Crippen molar-refractivity contribution in [3.05, 3.63) is 29.3 Å². The standard InChI is InChI=1S/C17H27NO/c1-12(2)16-9-8-15(10-13(16)3)19-11-17(18)14-6-4-5-7-14/h8-10,12,14,17H,4-7,11,18H2,1-3H3. The molecule has 0 spiro atoms. The van der Waals surface area contributed by atoms with Gasteiger partial charge in [0.25, 0.3) is 0 Å². The highest BCUT2D eigenvalue weighted by molar-refractivity contribution is 5.36.